The summed E-state index contributed by atoms with van der Waals surface area (Å²) in [6.45, 7) is 11.5. The van der Waals surface area contributed by atoms with Gasteiger partial charge in [-0.2, -0.15) is 0 Å². The van der Waals surface area contributed by atoms with Crippen LogP contribution < -0.4 is 5.32 Å². The van der Waals surface area contributed by atoms with E-state index in [0.29, 0.717) is 38.8 Å². The van der Waals surface area contributed by atoms with Crippen molar-refractivity contribution in [3.8, 4) is 0 Å². The molecule has 4 aliphatic carbocycles. The molecule has 0 unspecified atom stereocenters. The van der Waals surface area contributed by atoms with Crippen LogP contribution in [0, 0.1) is 22.7 Å². The molecule has 3 heterocycles. The van der Waals surface area contributed by atoms with E-state index < -0.39 is 17.4 Å². The van der Waals surface area contributed by atoms with Gasteiger partial charge in [-0.15, -0.1) is 0 Å². The summed E-state index contributed by atoms with van der Waals surface area (Å²) in [5.74, 6) is -0.220. The van der Waals surface area contributed by atoms with E-state index in [-0.39, 0.29) is 89.5 Å². The van der Waals surface area contributed by atoms with Gasteiger partial charge < -0.3 is 29.2 Å². The molecular formula is C42H64N2O9. The average Bonchev–Trinajstić information content (AvgIpc) is 4.00. The van der Waals surface area contributed by atoms with E-state index in [1.807, 2.05) is 13.8 Å². The van der Waals surface area contributed by atoms with Crippen LogP contribution in [-0.4, -0.2) is 96.6 Å². The Morgan fingerprint density at radius 3 is 2.23 bits per heavy atom. The summed E-state index contributed by atoms with van der Waals surface area (Å²) >= 11 is 0. The number of rotatable bonds is 17. The zero-order chi connectivity index (χ0) is 38.2. The molecule has 7 fully saturated rings. The van der Waals surface area contributed by atoms with Crippen molar-refractivity contribution in [3.05, 3.63) is 11.6 Å². The number of nitrogens with zero attached hydrogens (tertiary/aromatic N) is 1. The summed E-state index contributed by atoms with van der Waals surface area (Å²) in [7, 11) is 1.74. The third-order valence-electron chi connectivity index (χ3n) is 14.0. The molecule has 4 saturated carbocycles. The zero-order valence-electron chi connectivity index (χ0n) is 33.1. The highest BCUT2D eigenvalue weighted by atomic mass is 16.6. The molecular weight excluding hydrogens is 676 g/mol. The SMILES string of the molecule is CO[C@@H]1[C@H](NC(=O)C23CCC(C(=O)CCCCOC(=O)[C@H]4CCCN4C(=O)CCC(=O)C(C)C)(CC2)CC3)CC[C@]2(CO2)[C@H]1[C@]1(C)O[C@@H]1CC=C(C)C. The minimum Gasteiger partial charge on any atom is -0.464 e. The standard InChI is InChI=1S/C42H64N2O9/c1-27(2)12-14-33-39(5,53-33)36-35(50-6)29(16-17-42(36)26-52-42)43-38(49)41-21-18-40(19-22-41,20-23-41)32(46)11-7-8-25-51-37(48)30-10-9-24-44(30)34(47)15-13-31(45)28(3)4/h12,28-30,33,35-36H,7-11,13-26H2,1-6H3,(H,43,49)/t29-,30-,33-,35-,36-,39-,40?,41?,42+/m1/s1. The Morgan fingerprint density at radius 1 is 0.925 bits per heavy atom. The van der Waals surface area contributed by atoms with E-state index in [1.165, 1.54) is 5.57 Å². The van der Waals surface area contributed by atoms with Crippen molar-refractivity contribution in [1.82, 2.24) is 10.2 Å². The van der Waals surface area contributed by atoms with Crippen LogP contribution in [-0.2, 0) is 42.9 Å². The smallest absolute Gasteiger partial charge is 0.328 e. The number of nitrogens with one attached hydrogen (secondary N) is 1. The number of carbonyl (C=O) groups is 5. The quantitative estimate of drug-likeness (QED) is 0.0847. The Morgan fingerprint density at radius 2 is 1.60 bits per heavy atom. The molecule has 0 aromatic carbocycles. The topological polar surface area (TPSA) is 144 Å². The van der Waals surface area contributed by atoms with Crippen LogP contribution in [0.25, 0.3) is 0 Å². The normalized spacial score (nSPS) is 37.0. The van der Waals surface area contributed by atoms with Crippen molar-refractivity contribution >= 4 is 29.4 Å². The number of likely N-dealkylation sites (tertiary alicyclic amines) is 1. The van der Waals surface area contributed by atoms with Crippen LogP contribution in [0.15, 0.2) is 11.6 Å². The highest BCUT2D eigenvalue weighted by molar-refractivity contribution is 5.89. The first-order chi connectivity index (χ1) is 25.2. The highest BCUT2D eigenvalue weighted by Crippen LogP contribution is 2.60. The summed E-state index contributed by atoms with van der Waals surface area (Å²) in [6, 6.07) is -0.711. The molecule has 11 heteroatoms. The molecule has 7 atom stereocenters. The number of epoxide rings is 2. The van der Waals surface area contributed by atoms with Crippen molar-refractivity contribution < 1.29 is 42.9 Å². The van der Waals surface area contributed by atoms with Crippen LogP contribution >= 0.6 is 0 Å². The second-order valence-corrected chi connectivity index (χ2v) is 17.9. The second-order valence-electron chi connectivity index (χ2n) is 17.9. The van der Waals surface area contributed by atoms with Gasteiger partial charge in [-0.1, -0.05) is 25.5 Å². The number of Topliss-reactive ketones (excluding diaryl/α,β-unsaturated/α-hetero) is 2. The van der Waals surface area contributed by atoms with Crippen molar-refractivity contribution in [2.75, 3.05) is 26.9 Å². The Kier molecular flexibility index (Phi) is 12.0. The van der Waals surface area contributed by atoms with Crippen molar-refractivity contribution in [1.29, 1.82) is 0 Å². The molecule has 3 aliphatic heterocycles. The van der Waals surface area contributed by atoms with E-state index in [9.17, 15) is 24.0 Å². The minimum atomic E-state index is -0.594. The maximum Gasteiger partial charge on any atom is 0.328 e. The number of allylic oxidation sites excluding steroid dienone is 1. The Balaban J connectivity index is 0.938. The van der Waals surface area contributed by atoms with Crippen molar-refractivity contribution in [2.45, 2.75) is 173 Å². The zero-order valence-corrected chi connectivity index (χ0v) is 33.1. The van der Waals surface area contributed by atoms with Gasteiger partial charge in [0.15, 0.2) is 0 Å². The molecule has 0 radical (unpaired) electrons. The molecule has 3 saturated heterocycles. The summed E-state index contributed by atoms with van der Waals surface area (Å²) in [6.07, 6.45) is 12.3. The molecule has 7 rings (SSSR count). The van der Waals surface area contributed by atoms with Crippen LogP contribution in [0.5, 0.6) is 0 Å². The first-order valence-electron chi connectivity index (χ1n) is 20.5. The number of methoxy groups -OCH3 is 1. The summed E-state index contributed by atoms with van der Waals surface area (Å²) in [5.41, 5.74) is -0.118. The molecule has 1 spiro atoms. The largest absolute Gasteiger partial charge is 0.464 e. The van der Waals surface area contributed by atoms with Gasteiger partial charge in [0, 0.05) is 55.6 Å². The number of hydrogen-bond acceptors (Lipinski definition) is 9. The number of hydrogen-bond donors (Lipinski definition) is 1. The van der Waals surface area contributed by atoms with Crippen molar-refractivity contribution in [2.24, 2.45) is 22.7 Å². The molecule has 2 bridgehead atoms. The predicted molar refractivity (Wildman–Crippen MR) is 198 cm³/mol. The summed E-state index contributed by atoms with van der Waals surface area (Å²) in [5, 5.41) is 3.46. The maximum absolute atomic E-state index is 14.1. The second kappa shape index (κ2) is 15.8. The fourth-order valence-corrected chi connectivity index (χ4v) is 10.3. The lowest BCUT2D eigenvalue weighted by atomic mass is 9.52. The average molecular weight is 741 g/mol. The lowest BCUT2D eigenvalue weighted by Gasteiger charge is -2.52. The van der Waals surface area contributed by atoms with Gasteiger partial charge in [-0.3, -0.25) is 19.2 Å². The fourth-order valence-electron chi connectivity index (χ4n) is 10.3. The summed E-state index contributed by atoms with van der Waals surface area (Å²) in [4.78, 5) is 66.8. The van der Waals surface area contributed by atoms with E-state index in [1.54, 1.807) is 12.0 Å². The minimum absolute atomic E-state index is 0.0395. The third kappa shape index (κ3) is 8.18. The molecule has 11 nitrogen and oxygen atoms in total. The predicted octanol–water partition coefficient (Wildman–Crippen LogP) is 5.80. The van der Waals surface area contributed by atoms with Crippen LogP contribution in [0.4, 0.5) is 0 Å². The molecule has 53 heavy (non-hydrogen) atoms. The van der Waals surface area contributed by atoms with Crippen LogP contribution in [0.1, 0.15) is 137 Å². The van der Waals surface area contributed by atoms with Gasteiger partial charge in [-0.05, 0) is 104 Å². The van der Waals surface area contributed by atoms with E-state index in [0.717, 1.165) is 64.2 Å². The van der Waals surface area contributed by atoms with Gasteiger partial charge >= 0.3 is 5.97 Å². The maximum atomic E-state index is 14.1. The molecule has 0 aromatic heterocycles. The Labute approximate surface area is 316 Å². The number of carbonyl (C=O) groups excluding carboxylic acids is 5. The molecule has 2 amide bonds. The molecule has 296 valence electrons. The van der Waals surface area contributed by atoms with Gasteiger partial charge in [0.2, 0.25) is 11.8 Å². The molecule has 1 N–H and O–H groups in total. The Hall–Kier alpha value is -2.63. The first kappa shape index (κ1) is 40.0. The number of amides is 2. The van der Waals surface area contributed by atoms with Gasteiger partial charge in [0.25, 0.3) is 0 Å². The number of fused-ring (bicyclic) bond motifs is 3. The van der Waals surface area contributed by atoms with E-state index in [2.05, 4.69) is 32.2 Å². The molecule has 7 aliphatic rings. The van der Waals surface area contributed by atoms with Gasteiger partial charge in [0.1, 0.15) is 23.2 Å². The first-order valence-corrected chi connectivity index (χ1v) is 20.5. The van der Waals surface area contributed by atoms with Crippen molar-refractivity contribution in [3.63, 3.8) is 0 Å². The Bertz CT molecular complexity index is 1420. The fraction of sp³-hybridized carbons (Fsp3) is 0.833. The van der Waals surface area contributed by atoms with Gasteiger partial charge in [0.05, 0.1) is 37.1 Å². The number of unbranched alkanes of at least 4 members (excludes halogenated alkanes) is 1. The van der Waals surface area contributed by atoms with Gasteiger partial charge in [-0.25, -0.2) is 4.79 Å². The molecule has 0 aromatic rings. The van der Waals surface area contributed by atoms with E-state index >= 15 is 0 Å². The number of esters is 1. The van der Waals surface area contributed by atoms with E-state index in [4.69, 9.17) is 18.9 Å². The monoisotopic (exact) mass is 740 g/mol. The van der Waals surface area contributed by atoms with Crippen LogP contribution in [0.3, 0.4) is 0 Å². The lowest BCUT2D eigenvalue weighted by molar-refractivity contribution is -0.154. The third-order valence-corrected chi connectivity index (χ3v) is 14.0. The summed E-state index contributed by atoms with van der Waals surface area (Å²) < 4.78 is 24.2. The highest BCUT2D eigenvalue weighted by Gasteiger charge is 2.72. The van der Waals surface area contributed by atoms with Crippen LogP contribution in [0.2, 0.25) is 0 Å². The number of ether oxygens (including phenoxy) is 4. The lowest BCUT2D eigenvalue weighted by Crippen LogP contribution is -2.62. The number of ketones is 2.